The molecule has 1 atom stereocenters. The van der Waals surface area contributed by atoms with Crippen LogP contribution in [0.15, 0.2) is 71.2 Å². The number of allylic oxidation sites excluding steroid dienone is 6. The normalized spacial score (nSPS) is 16.8. The number of aliphatic hydroxyl groups excluding tert-OH is 1. The predicted octanol–water partition coefficient (Wildman–Crippen LogP) is 6.79. The van der Waals surface area contributed by atoms with Crippen LogP contribution < -0.4 is 0 Å². The number of benzene rings is 1. The standard InChI is InChI=1S/C26H34O3/c1-18(2)10-9-11-20(5)14-15-22-16-23(27)26(29-17-19(3)4)24(25(22)28)21-12-7-6-8-13-21/h6-8,10,12-13,15-16,19-20,27H,9,11,14,17H2,1-5H3/b22-15+/t20-/m1/s1. The summed E-state index contributed by atoms with van der Waals surface area (Å²) in [5.74, 6) is 0.964. The van der Waals surface area contributed by atoms with Gasteiger partial charge >= 0.3 is 0 Å². The Morgan fingerprint density at radius 1 is 1.14 bits per heavy atom. The SMILES string of the molecule is CC(C)=CCC[C@@H](C)C/C=C1\C=C(O)C(OCC(C)C)=C(c2ccccc2)C1=O. The quantitative estimate of drug-likeness (QED) is 0.370. The summed E-state index contributed by atoms with van der Waals surface area (Å²) in [6.07, 6.45) is 8.66. The van der Waals surface area contributed by atoms with Crippen LogP contribution in [-0.4, -0.2) is 17.5 Å². The molecule has 29 heavy (non-hydrogen) atoms. The van der Waals surface area contributed by atoms with E-state index in [2.05, 4.69) is 26.8 Å². The molecule has 1 aliphatic rings. The molecule has 0 saturated carbocycles. The molecule has 2 rings (SSSR count). The molecule has 0 saturated heterocycles. The van der Waals surface area contributed by atoms with E-state index in [0.717, 1.165) is 24.8 Å². The lowest BCUT2D eigenvalue weighted by Gasteiger charge is -2.21. The molecule has 0 fully saturated rings. The first kappa shape index (κ1) is 22.7. The summed E-state index contributed by atoms with van der Waals surface area (Å²) in [4.78, 5) is 13.3. The van der Waals surface area contributed by atoms with E-state index in [9.17, 15) is 9.90 Å². The molecule has 0 aromatic heterocycles. The highest BCUT2D eigenvalue weighted by Gasteiger charge is 2.28. The molecule has 0 amide bonds. The summed E-state index contributed by atoms with van der Waals surface area (Å²) >= 11 is 0. The predicted molar refractivity (Wildman–Crippen MR) is 120 cm³/mol. The molecule has 156 valence electrons. The monoisotopic (exact) mass is 394 g/mol. The van der Waals surface area contributed by atoms with Gasteiger partial charge in [0.05, 0.1) is 12.2 Å². The van der Waals surface area contributed by atoms with Gasteiger partial charge in [0.1, 0.15) is 0 Å². The van der Waals surface area contributed by atoms with Crippen LogP contribution in [0.3, 0.4) is 0 Å². The number of hydrogen-bond acceptors (Lipinski definition) is 3. The van der Waals surface area contributed by atoms with Gasteiger partial charge in [-0.3, -0.25) is 4.79 Å². The molecule has 0 unspecified atom stereocenters. The fourth-order valence-electron chi connectivity index (χ4n) is 3.17. The summed E-state index contributed by atoms with van der Waals surface area (Å²) < 4.78 is 5.85. The Hall–Kier alpha value is -2.55. The Balaban J connectivity index is 2.27. The molecule has 0 spiro atoms. The topological polar surface area (TPSA) is 46.5 Å². The van der Waals surface area contributed by atoms with E-state index < -0.39 is 0 Å². The van der Waals surface area contributed by atoms with Crippen LogP contribution in [-0.2, 0) is 9.53 Å². The minimum absolute atomic E-state index is 0.0209. The summed E-state index contributed by atoms with van der Waals surface area (Å²) in [6.45, 7) is 10.9. The second-order valence-corrected chi connectivity index (χ2v) is 8.49. The number of hydrogen-bond donors (Lipinski definition) is 1. The van der Waals surface area contributed by atoms with Crippen LogP contribution in [0.1, 0.15) is 59.4 Å². The Labute approximate surface area is 175 Å². The molecule has 0 radical (unpaired) electrons. The molecule has 0 heterocycles. The fourth-order valence-corrected chi connectivity index (χ4v) is 3.17. The third-order valence-corrected chi connectivity index (χ3v) is 4.82. The number of ether oxygens (including phenoxy) is 1. The lowest BCUT2D eigenvalue weighted by molar-refractivity contribution is -0.110. The highest BCUT2D eigenvalue weighted by Crippen LogP contribution is 2.33. The van der Waals surface area contributed by atoms with E-state index in [1.54, 1.807) is 6.08 Å². The van der Waals surface area contributed by atoms with Crippen LogP contribution in [0.5, 0.6) is 0 Å². The second kappa shape index (κ2) is 10.8. The third-order valence-electron chi connectivity index (χ3n) is 4.82. The smallest absolute Gasteiger partial charge is 0.197 e. The average Bonchev–Trinajstić information content (AvgIpc) is 2.67. The fraction of sp³-hybridized carbons (Fsp3) is 0.423. The minimum Gasteiger partial charge on any atom is -0.504 e. The van der Waals surface area contributed by atoms with Crippen LogP contribution in [0.4, 0.5) is 0 Å². The molecule has 3 heteroatoms. The molecule has 3 nitrogen and oxygen atoms in total. The number of Topliss-reactive ketones (excluding diaryl/α,β-unsaturated/α-hetero) is 1. The van der Waals surface area contributed by atoms with Crippen molar-refractivity contribution in [2.45, 2.75) is 53.9 Å². The molecule has 1 aromatic carbocycles. The van der Waals surface area contributed by atoms with Crippen molar-refractivity contribution in [3.63, 3.8) is 0 Å². The van der Waals surface area contributed by atoms with Crippen molar-refractivity contribution < 1.29 is 14.6 Å². The highest BCUT2D eigenvalue weighted by atomic mass is 16.5. The highest BCUT2D eigenvalue weighted by molar-refractivity contribution is 6.31. The van der Waals surface area contributed by atoms with Gasteiger partial charge in [-0.15, -0.1) is 0 Å². The largest absolute Gasteiger partial charge is 0.504 e. The van der Waals surface area contributed by atoms with Crippen LogP contribution >= 0.6 is 0 Å². The van der Waals surface area contributed by atoms with Crippen molar-refractivity contribution >= 4 is 11.4 Å². The van der Waals surface area contributed by atoms with E-state index in [4.69, 9.17) is 4.74 Å². The molecule has 1 aromatic rings. The maximum absolute atomic E-state index is 13.3. The molecule has 1 aliphatic carbocycles. The van der Waals surface area contributed by atoms with Gasteiger partial charge in [0.25, 0.3) is 0 Å². The molecule has 0 aliphatic heterocycles. The first-order valence-corrected chi connectivity index (χ1v) is 10.5. The molecule has 1 N–H and O–H groups in total. The summed E-state index contributed by atoms with van der Waals surface area (Å²) in [5.41, 5.74) is 3.07. The van der Waals surface area contributed by atoms with E-state index in [0.29, 0.717) is 29.6 Å². The van der Waals surface area contributed by atoms with Crippen molar-refractivity contribution in [3.05, 3.63) is 76.8 Å². The first-order valence-electron chi connectivity index (χ1n) is 10.5. The first-order chi connectivity index (χ1) is 13.8. The number of carbonyl (C=O) groups excluding carboxylic acids is 1. The van der Waals surface area contributed by atoms with Crippen molar-refractivity contribution in [2.75, 3.05) is 6.61 Å². The van der Waals surface area contributed by atoms with Gasteiger partial charge in [0.15, 0.2) is 17.3 Å². The maximum atomic E-state index is 13.3. The number of aliphatic hydroxyl groups is 1. The van der Waals surface area contributed by atoms with E-state index in [1.165, 1.54) is 5.57 Å². The van der Waals surface area contributed by atoms with Gasteiger partial charge in [-0.1, -0.05) is 68.8 Å². The Bertz CT molecular complexity index is 819. The second-order valence-electron chi connectivity index (χ2n) is 8.49. The Morgan fingerprint density at radius 3 is 2.45 bits per heavy atom. The minimum atomic E-state index is -0.0933. The number of ketones is 1. The summed E-state index contributed by atoms with van der Waals surface area (Å²) in [7, 11) is 0. The van der Waals surface area contributed by atoms with Crippen molar-refractivity contribution in [1.29, 1.82) is 0 Å². The maximum Gasteiger partial charge on any atom is 0.197 e. The van der Waals surface area contributed by atoms with E-state index in [1.807, 2.05) is 50.3 Å². The van der Waals surface area contributed by atoms with Crippen molar-refractivity contribution in [1.82, 2.24) is 0 Å². The zero-order chi connectivity index (χ0) is 21.4. The average molecular weight is 395 g/mol. The zero-order valence-corrected chi connectivity index (χ0v) is 18.4. The summed E-state index contributed by atoms with van der Waals surface area (Å²) in [5, 5.41) is 10.6. The van der Waals surface area contributed by atoms with Crippen LogP contribution in [0.2, 0.25) is 0 Å². The van der Waals surface area contributed by atoms with Crippen LogP contribution in [0.25, 0.3) is 5.57 Å². The van der Waals surface area contributed by atoms with Crippen LogP contribution in [0, 0.1) is 11.8 Å². The van der Waals surface area contributed by atoms with E-state index in [-0.39, 0.29) is 17.3 Å². The zero-order valence-electron chi connectivity index (χ0n) is 18.4. The van der Waals surface area contributed by atoms with Crippen molar-refractivity contribution in [3.8, 4) is 0 Å². The van der Waals surface area contributed by atoms with Gasteiger partial charge < -0.3 is 9.84 Å². The Morgan fingerprint density at radius 2 is 1.83 bits per heavy atom. The molecular formula is C26H34O3. The van der Waals surface area contributed by atoms with Crippen molar-refractivity contribution in [2.24, 2.45) is 11.8 Å². The number of carbonyl (C=O) groups is 1. The third kappa shape index (κ3) is 6.77. The number of rotatable bonds is 9. The van der Waals surface area contributed by atoms with E-state index >= 15 is 0 Å². The summed E-state index contributed by atoms with van der Waals surface area (Å²) in [6, 6.07) is 9.44. The molecule has 0 bridgehead atoms. The van der Waals surface area contributed by atoms with Gasteiger partial charge in [-0.2, -0.15) is 0 Å². The lowest BCUT2D eigenvalue weighted by Crippen LogP contribution is -2.17. The lowest BCUT2D eigenvalue weighted by atomic mass is 9.89. The molecular weight excluding hydrogens is 360 g/mol. The van der Waals surface area contributed by atoms with Gasteiger partial charge in [-0.25, -0.2) is 0 Å². The van der Waals surface area contributed by atoms with Gasteiger partial charge in [0, 0.05) is 5.57 Å². The van der Waals surface area contributed by atoms with Gasteiger partial charge in [-0.05, 0) is 56.6 Å². The van der Waals surface area contributed by atoms with Gasteiger partial charge in [0.2, 0.25) is 0 Å². The Kier molecular flexibility index (Phi) is 8.50.